The lowest BCUT2D eigenvalue weighted by atomic mass is 9.88. The molecule has 0 bridgehead atoms. The van der Waals surface area contributed by atoms with Crippen molar-refractivity contribution >= 4 is 18.8 Å². The third-order valence-electron chi connectivity index (χ3n) is 6.81. The maximum Gasteiger partial charge on any atom is 0.359 e. The quantitative estimate of drug-likeness (QED) is 0.307. The highest BCUT2D eigenvalue weighted by Crippen LogP contribution is 2.61. The number of nitrogens with zero attached hydrogens (tertiary/aromatic N) is 3. The van der Waals surface area contributed by atoms with Crippen LogP contribution in [0.5, 0.6) is 0 Å². The van der Waals surface area contributed by atoms with Gasteiger partial charge in [0.1, 0.15) is 12.2 Å². The average Bonchev–Trinajstić information content (AvgIpc) is 3.35. The minimum Gasteiger partial charge on any atom is -0.388 e. The summed E-state index contributed by atoms with van der Waals surface area (Å²) in [7, 11) is -4.47. The van der Waals surface area contributed by atoms with Gasteiger partial charge < -0.3 is 29.9 Å². The van der Waals surface area contributed by atoms with E-state index in [1.807, 2.05) is 0 Å². The molecule has 1 fully saturated rings. The molecule has 0 amide bonds. The zero-order valence-corrected chi connectivity index (χ0v) is 20.1. The molecule has 5 N–H and O–H groups in total. The number of aliphatic hydroxyl groups is 3. The minimum atomic E-state index is -4.47. The molecule has 1 aliphatic rings. The first-order chi connectivity index (χ1) is 15.5. The molecule has 0 radical (unpaired) electrons. The molecule has 0 saturated carbocycles. The summed E-state index contributed by atoms with van der Waals surface area (Å²) in [5, 5.41) is 30.2. The first-order valence-electron chi connectivity index (χ1n) is 11.2. The molecule has 3 unspecified atom stereocenters. The van der Waals surface area contributed by atoms with Crippen molar-refractivity contribution in [1.29, 1.82) is 0 Å². The third kappa shape index (κ3) is 4.53. The van der Waals surface area contributed by atoms with Crippen molar-refractivity contribution in [1.82, 2.24) is 19.5 Å². The van der Waals surface area contributed by atoms with E-state index in [1.165, 1.54) is 17.2 Å². The lowest BCUT2D eigenvalue weighted by Crippen LogP contribution is -2.42. The molecule has 0 aromatic carbocycles. The van der Waals surface area contributed by atoms with Gasteiger partial charge in [0.2, 0.25) is 0 Å². The highest BCUT2D eigenvalue weighted by Gasteiger charge is 2.52. The summed E-state index contributed by atoms with van der Waals surface area (Å²) in [6.45, 7) is 6.76. The normalized spacial score (nSPS) is 26.1. The fourth-order valence-electron chi connectivity index (χ4n) is 4.25. The molecule has 5 atom stereocenters. The van der Waals surface area contributed by atoms with Crippen molar-refractivity contribution in [2.75, 3.05) is 0 Å². The lowest BCUT2D eigenvalue weighted by molar-refractivity contribution is -0.0761. The Labute approximate surface area is 191 Å². The van der Waals surface area contributed by atoms with Crippen LogP contribution in [0.15, 0.2) is 17.4 Å². The second-order valence-corrected chi connectivity index (χ2v) is 10.6. The Morgan fingerprint density at radius 1 is 1.15 bits per heavy atom. The molecule has 2 aromatic rings. The zero-order valence-electron chi connectivity index (χ0n) is 19.2. The van der Waals surface area contributed by atoms with Crippen LogP contribution < -0.4 is 5.56 Å². The average molecular weight is 488 g/mol. The van der Waals surface area contributed by atoms with Gasteiger partial charge in [-0.05, 0) is 25.7 Å². The van der Waals surface area contributed by atoms with Crippen molar-refractivity contribution < 1.29 is 34.0 Å². The maximum atomic E-state index is 13.1. The molecule has 0 spiro atoms. The first-order valence-corrected chi connectivity index (χ1v) is 12.7. The molecule has 186 valence electrons. The Kier molecular flexibility index (Phi) is 7.50. The first kappa shape index (κ1) is 26.0. The predicted molar refractivity (Wildman–Crippen MR) is 118 cm³/mol. The molecule has 0 aliphatic carbocycles. The Bertz CT molecular complexity index is 1060. The summed E-state index contributed by atoms with van der Waals surface area (Å²) in [5.41, 5.74) is -1.41. The number of ether oxygens (including phenoxy) is 1. The van der Waals surface area contributed by atoms with E-state index in [2.05, 4.69) is 15.0 Å². The van der Waals surface area contributed by atoms with Crippen LogP contribution in [0.2, 0.25) is 0 Å². The summed E-state index contributed by atoms with van der Waals surface area (Å²) in [6, 6.07) is 0. The van der Waals surface area contributed by atoms with Crippen LogP contribution in [-0.4, -0.2) is 69.0 Å². The number of hydrogen-bond donors (Lipinski definition) is 5. The van der Waals surface area contributed by atoms with Gasteiger partial charge in [-0.1, -0.05) is 27.7 Å². The number of imidazole rings is 1. The molecular formula is C20H33N4O8P. The number of hydrogen-bond acceptors (Lipinski definition) is 9. The molecule has 1 aliphatic heterocycles. The zero-order chi connectivity index (χ0) is 24.6. The molecule has 12 nitrogen and oxygen atoms in total. The number of rotatable bonds is 10. The van der Waals surface area contributed by atoms with Gasteiger partial charge in [-0.3, -0.25) is 18.5 Å². The van der Waals surface area contributed by atoms with E-state index in [4.69, 9.17) is 9.26 Å². The van der Waals surface area contributed by atoms with Gasteiger partial charge in [0.15, 0.2) is 22.7 Å². The Morgan fingerprint density at radius 2 is 1.79 bits per heavy atom. The van der Waals surface area contributed by atoms with E-state index < -0.39 is 48.6 Å². The van der Waals surface area contributed by atoms with Crippen LogP contribution in [0.1, 0.15) is 66.0 Å². The van der Waals surface area contributed by atoms with Crippen LogP contribution in [-0.2, 0) is 13.8 Å². The smallest absolute Gasteiger partial charge is 0.359 e. The summed E-state index contributed by atoms with van der Waals surface area (Å²) >= 11 is 0. The van der Waals surface area contributed by atoms with E-state index in [0.717, 1.165) is 0 Å². The molecule has 1 saturated heterocycles. The molecule has 3 rings (SSSR count). The predicted octanol–water partition coefficient (Wildman–Crippen LogP) is 1.40. The van der Waals surface area contributed by atoms with Crippen LogP contribution in [0.4, 0.5) is 0 Å². The standard InChI is InChI=1S/C20H33N4O8P/c1-5-19(6-2,32-33(29,30)20(28,7-3)8-4)9-12-14(25)15(26)18(31-12)24-11-23-13-16(24)21-10-22-17(13)27/h10-12,14-15,18,25-26,28H,5-9H2,1-4H3,(H,29,30)(H,21,22,27)/t12?,14?,15-,18-/m1/s1. The summed E-state index contributed by atoms with van der Waals surface area (Å²) in [4.78, 5) is 33.1. The van der Waals surface area contributed by atoms with Gasteiger partial charge in [-0.2, -0.15) is 0 Å². The Hall–Kier alpha value is -1.66. The van der Waals surface area contributed by atoms with Crippen LogP contribution >= 0.6 is 7.60 Å². The number of fused-ring (bicyclic) bond motifs is 1. The molecule has 2 aromatic heterocycles. The Balaban J connectivity index is 1.88. The fraction of sp³-hybridized carbons (Fsp3) is 0.750. The molecule has 33 heavy (non-hydrogen) atoms. The largest absolute Gasteiger partial charge is 0.388 e. The van der Waals surface area contributed by atoms with Gasteiger partial charge in [-0.15, -0.1) is 0 Å². The summed E-state index contributed by atoms with van der Waals surface area (Å²) in [6.07, 6.45) is -1.60. The van der Waals surface area contributed by atoms with E-state index >= 15 is 0 Å². The van der Waals surface area contributed by atoms with Crippen molar-refractivity contribution in [2.45, 2.75) is 95.3 Å². The van der Waals surface area contributed by atoms with Crippen molar-refractivity contribution in [3.05, 3.63) is 23.0 Å². The number of aromatic nitrogens is 4. The van der Waals surface area contributed by atoms with Gasteiger partial charge in [0.05, 0.1) is 24.4 Å². The third-order valence-corrected chi connectivity index (χ3v) is 9.13. The van der Waals surface area contributed by atoms with Gasteiger partial charge >= 0.3 is 7.60 Å². The fourth-order valence-corrected chi connectivity index (χ4v) is 6.07. The van der Waals surface area contributed by atoms with E-state index in [9.17, 15) is 29.6 Å². The highest BCUT2D eigenvalue weighted by molar-refractivity contribution is 7.54. The van der Waals surface area contributed by atoms with Crippen molar-refractivity contribution in [3.63, 3.8) is 0 Å². The summed E-state index contributed by atoms with van der Waals surface area (Å²) < 4.78 is 26.1. The van der Waals surface area contributed by atoms with E-state index in [0.29, 0.717) is 12.8 Å². The second kappa shape index (κ2) is 9.53. The number of nitrogens with one attached hydrogen (secondary N) is 1. The highest BCUT2D eigenvalue weighted by atomic mass is 31.2. The van der Waals surface area contributed by atoms with Gasteiger partial charge in [-0.25, -0.2) is 9.97 Å². The lowest BCUT2D eigenvalue weighted by Gasteiger charge is -2.40. The minimum absolute atomic E-state index is 0.0105. The number of aliphatic hydroxyl groups excluding tert-OH is 2. The maximum absolute atomic E-state index is 13.1. The number of aromatic amines is 1. The van der Waals surface area contributed by atoms with E-state index in [-0.39, 0.29) is 30.4 Å². The van der Waals surface area contributed by atoms with Crippen LogP contribution in [0, 0.1) is 0 Å². The van der Waals surface area contributed by atoms with Crippen LogP contribution in [0.3, 0.4) is 0 Å². The monoisotopic (exact) mass is 488 g/mol. The molecule has 13 heteroatoms. The van der Waals surface area contributed by atoms with Gasteiger partial charge in [0, 0.05) is 6.42 Å². The van der Waals surface area contributed by atoms with Gasteiger partial charge in [0.25, 0.3) is 5.56 Å². The number of H-pyrrole nitrogens is 1. The molecule has 3 heterocycles. The topological polar surface area (TPSA) is 180 Å². The van der Waals surface area contributed by atoms with Crippen molar-refractivity contribution in [3.8, 4) is 0 Å². The van der Waals surface area contributed by atoms with E-state index in [1.54, 1.807) is 27.7 Å². The second-order valence-electron chi connectivity index (χ2n) is 8.50. The van der Waals surface area contributed by atoms with Crippen LogP contribution in [0.25, 0.3) is 11.2 Å². The van der Waals surface area contributed by atoms with Crippen molar-refractivity contribution in [2.24, 2.45) is 0 Å². The Morgan fingerprint density at radius 3 is 2.36 bits per heavy atom. The molecular weight excluding hydrogens is 455 g/mol. The SMILES string of the molecule is CCC(CC)(CC1O[C@@H](n2cnc3c(=O)[nH]cnc32)[C@H](O)C1O)OP(=O)(O)C(O)(CC)CC. The summed E-state index contributed by atoms with van der Waals surface area (Å²) in [5.74, 6) is 0.